The predicted molar refractivity (Wildman–Crippen MR) is 60.0 cm³/mol. The van der Waals surface area contributed by atoms with Gasteiger partial charge in [0.15, 0.2) is 5.11 Å². The van der Waals surface area contributed by atoms with Gasteiger partial charge >= 0.3 is 0 Å². The molecule has 0 spiro atoms. The van der Waals surface area contributed by atoms with Gasteiger partial charge in [-0.15, -0.1) is 0 Å². The van der Waals surface area contributed by atoms with Gasteiger partial charge in [0.2, 0.25) is 0 Å². The van der Waals surface area contributed by atoms with Gasteiger partial charge in [-0.2, -0.15) is 11.3 Å². The fourth-order valence-electron chi connectivity index (χ4n) is 1.74. The van der Waals surface area contributed by atoms with E-state index < -0.39 is 0 Å². The van der Waals surface area contributed by atoms with Crippen LogP contribution in [0.15, 0.2) is 16.8 Å². The molecule has 1 aliphatic rings. The molecule has 0 bridgehead atoms. The molecule has 1 saturated heterocycles. The lowest BCUT2D eigenvalue weighted by Crippen LogP contribution is -2.33. The Hall–Kier alpha value is -0.610. The first-order valence-electron chi connectivity index (χ1n) is 4.34. The van der Waals surface area contributed by atoms with Crippen LogP contribution >= 0.6 is 23.6 Å². The highest BCUT2D eigenvalue weighted by molar-refractivity contribution is 7.80. The van der Waals surface area contributed by atoms with Crippen LogP contribution < -0.4 is 5.73 Å². The van der Waals surface area contributed by atoms with E-state index in [-0.39, 0.29) is 0 Å². The minimum atomic E-state index is 0.540. The number of nitrogens with two attached hydrogens (primary N) is 1. The molecule has 4 heteroatoms. The highest BCUT2D eigenvalue weighted by atomic mass is 32.1. The van der Waals surface area contributed by atoms with E-state index in [1.807, 2.05) is 0 Å². The average molecular weight is 212 g/mol. The lowest BCUT2D eigenvalue weighted by molar-refractivity contribution is 0.515. The van der Waals surface area contributed by atoms with Gasteiger partial charge in [-0.1, -0.05) is 0 Å². The maximum absolute atomic E-state index is 5.57. The summed E-state index contributed by atoms with van der Waals surface area (Å²) in [6.45, 7) is 2.00. The third-order valence-electron chi connectivity index (χ3n) is 2.51. The Labute approximate surface area is 87.3 Å². The van der Waals surface area contributed by atoms with Gasteiger partial charge in [0.05, 0.1) is 0 Å². The summed E-state index contributed by atoms with van der Waals surface area (Å²) in [5, 5.41) is 4.88. The predicted octanol–water partition coefficient (Wildman–Crippen LogP) is 1.78. The number of rotatable bonds is 1. The summed E-state index contributed by atoms with van der Waals surface area (Å²) in [7, 11) is 0. The molecular formula is C9H12N2S2. The molecule has 2 N–H and O–H groups in total. The minimum Gasteiger partial charge on any atom is -0.376 e. The SMILES string of the molecule is NC(=S)N1CC[C@@H](c2ccsc2)C1. The van der Waals surface area contributed by atoms with Crippen LogP contribution in [-0.4, -0.2) is 23.1 Å². The molecule has 13 heavy (non-hydrogen) atoms. The number of hydrogen-bond acceptors (Lipinski definition) is 2. The van der Waals surface area contributed by atoms with E-state index >= 15 is 0 Å². The fourth-order valence-corrected chi connectivity index (χ4v) is 2.65. The summed E-state index contributed by atoms with van der Waals surface area (Å²) in [4.78, 5) is 2.08. The van der Waals surface area contributed by atoms with Crippen molar-refractivity contribution < 1.29 is 0 Å². The van der Waals surface area contributed by atoms with E-state index in [1.165, 1.54) is 12.0 Å². The average Bonchev–Trinajstić information content (AvgIpc) is 2.75. The summed E-state index contributed by atoms with van der Waals surface area (Å²) < 4.78 is 0. The molecule has 0 amide bonds. The number of hydrogen-bond donors (Lipinski definition) is 1. The number of nitrogens with zero attached hydrogens (tertiary/aromatic N) is 1. The third-order valence-corrected chi connectivity index (χ3v) is 3.47. The van der Waals surface area contributed by atoms with Gasteiger partial charge in [-0.3, -0.25) is 0 Å². The molecule has 2 rings (SSSR count). The molecular weight excluding hydrogens is 200 g/mol. The van der Waals surface area contributed by atoms with Crippen molar-refractivity contribution in [2.24, 2.45) is 5.73 Å². The van der Waals surface area contributed by atoms with Crippen molar-refractivity contribution in [1.82, 2.24) is 4.90 Å². The lowest BCUT2D eigenvalue weighted by atomic mass is 10.0. The minimum absolute atomic E-state index is 0.540. The van der Waals surface area contributed by atoms with Crippen LogP contribution in [0.5, 0.6) is 0 Å². The van der Waals surface area contributed by atoms with E-state index in [0.717, 1.165) is 13.1 Å². The Morgan fingerprint density at radius 3 is 3.08 bits per heavy atom. The zero-order valence-electron chi connectivity index (χ0n) is 7.27. The second-order valence-corrected chi connectivity index (χ2v) is 4.52. The quantitative estimate of drug-likeness (QED) is 0.720. The highest BCUT2D eigenvalue weighted by Crippen LogP contribution is 2.28. The zero-order chi connectivity index (χ0) is 9.26. The molecule has 1 fully saturated rings. The molecule has 1 atom stereocenters. The fraction of sp³-hybridized carbons (Fsp3) is 0.444. The Kier molecular flexibility index (Phi) is 2.51. The van der Waals surface area contributed by atoms with E-state index in [0.29, 0.717) is 11.0 Å². The molecule has 2 heterocycles. The third kappa shape index (κ3) is 1.84. The molecule has 0 saturated carbocycles. The normalized spacial score (nSPS) is 22.2. The monoisotopic (exact) mass is 212 g/mol. The lowest BCUT2D eigenvalue weighted by Gasteiger charge is -2.15. The Morgan fingerprint density at radius 2 is 2.54 bits per heavy atom. The van der Waals surface area contributed by atoms with Crippen LogP contribution in [0.3, 0.4) is 0 Å². The molecule has 1 aromatic heterocycles. The van der Waals surface area contributed by atoms with Gasteiger partial charge in [0.25, 0.3) is 0 Å². The van der Waals surface area contributed by atoms with E-state index in [1.54, 1.807) is 11.3 Å². The summed E-state index contributed by atoms with van der Waals surface area (Å²) in [6.07, 6.45) is 1.17. The summed E-state index contributed by atoms with van der Waals surface area (Å²) in [5.74, 6) is 0.632. The Bertz CT molecular complexity index is 295. The van der Waals surface area contributed by atoms with Crippen molar-refractivity contribution in [3.63, 3.8) is 0 Å². The second-order valence-electron chi connectivity index (χ2n) is 3.33. The van der Waals surface area contributed by atoms with E-state index in [9.17, 15) is 0 Å². The molecule has 1 aromatic rings. The summed E-state index contributed by atoms with van der Waals surface area (Å²) in [6, 6.07) is 2.19. The van der Waals surface area contributed by atoms with Crippen LogP contribution in [0.1, 0.15) is 17.9 Å². The van der Waals surface area contributed by atoms with Crippen molar-refractivity contribution in [3.05, 3.63) is 22.4 Å². The first-order valence-corrected chi connectivity index (χ1v) is 5.69. The van der Waals surface area contributed by atoms with Crippen molar-refractivity contribution in [2.75, 3.05) is 13.1 Å². The molecule has 0 aromatic carbocycles. The van der Waals surface area contributed by atoms with Crippen LogP contribution in [0, 0.1) is 0 Å². The Morgan fingerprint density at radius 1 is 1.69 bits per heavy atom. The molecule has 0 aliphatic carbocycles. The van der Waals surface area contributed by atoms with E-state index in [2.05, 4.69) is 21.7 Å². The van der Waals surface area contributed by atoms with Gasteiger partial charge in [-0.05, 0) is 41.0 Å². The molecule has 1 aliphatic heterocycles. The van der Waals surface area contributed by atoms with Crippen LogP contribution in [-0.2, 0) is 0 Å². The van der Waals surface area contributed by atoms with Gasteiger partial charge in [-0.25, -0.2) is 0 Å². The Balaban J connectivity index is 2.03. The van der Waals surface area contributed by atoms with Crippen molar-refractivity contribution in [1.29, 1.82) is 0 Å². The van der Waals surface area contributed by atoms with Gasteiger partial charge in [0, 0.05) is 19.0 Å². The first kappa shape index (κ1) is 8.97. The van der Waals surface area contributed by atoms with Crippen molar-refractivity contribution in [2.45, 2.75) is 12.3 Å². The zero-order valence-corrected chi connectivity index (χ0v) is 8.90. The molecule has 70 valence electrons. The maximum Gasteiger partial charge on any atom is 0.166 e. The van der Waals surface area contributed by atoms with Crippen LogP contribution in [0.25, 0.3) is 0 Å². The molecule has 2 nitrogen and oxygen atoms in total. The van der Waals surface area contributed by atoms with Crippen molar-refractivity contribution >= 4 is 28.7 Å². The largest absolute Gasteiger partial charge is 0.376 e. The van der Waals surface area contributed by atoms with Crippen LogP contribution in [0.2, 0.25) is 0 Å². The van der Waals surface area contributed by atoms with Crippen molar-refractivity contribution in [3.8, 4) is 0 Å². The smallest absolute Gasteiger partial charge is 0.166 e. The number of likely N-dealkylation sites (tertiary alicyclic amines) is 1. The first-order chi connectivity index (χ1) is 6.27. The summed E-state index contributed by atoms with van der Waals surface area (Å²) >= 11 is 6.70. The van der Waals surface area contributed by atoms with Crippen LogP contribution in [0.4, 0.5) is 0 Å². The second kappa shape index (κ2) is 3.64. The topological polar surface area (TPSA) is 29.3 Å². The van der Waals surface area contributed by atoms with Gasteiger partial charge in [0.1, 0.15) is 0 Å². The highest BCUT2D eigenvalue weighted by Gasteiger charge is 2.24. The summed E-state index contributed by atoms with van der Waals surface area (Å²) in [5.41, 5.74) is 7.01. The molecule has 0 radical (unpaired) electrons. The number of thiocarbonyl (C=S) groups is 1. The molecule has 0 unspecified atom stereocenters. The van der Waals surface area contributed by atoms with E-state index in [4.69, 9.17) is 18.0 Å². The standard InChI is InChI=1S/C9H12N2S2/c10-9(12)11-3-1-7(5-11)8-2-4-13-6-8/h2,4,6-7H,1,3,5H2,(H2,10,12)/t7-/m1/s1. The maximum atomic E-state index is 5.57. The van der Waals surface area contributed by atoms with Gasteiger partial charge < -0.3 is 10.6 Å². The number of thiophene rings is 1.